The average Bonchev–Trinajstić information content (AvgIpc) is 2.47. The first-order valence-corrected chi connectivity index (χ1v) is 10.2. The fourth-order valence-electron chi connectivity index (χ4n) is 2.56. The van der Waals surface area contributed by atoms with Crippen LogP contribution in [-0.4, -0.2) is 49.2 Å². The fourth-order valence-corrected chi connectivity index (χ4v) is 2.56. The molecule has 0 aliphatic carbocycles. The Labute approximate surface area is 161 Å². The molecule has 0 amide bonds. The summed E-state index contributed by atoms with van der Waals surface area (Å²) in [5.41, 5.74) is -0.653. The summed E-state index contributed by atoms with van der Waals surface area (Å²) in [7, 11) is 5.52. The van der Waals surface area contributed by atoms with Crippen LogP contribution in [0, 0.1) is 5.41 Å². The van der Waals surface area contributed by atoms with E-state index in [0.29, 0.717) is 4.48 Å². The summed E-state index contributed by atoms with van der Waals surface area (Å²) < 4.78 is 0.481. The van der Waals surface area contributed by atoms with Gasteiger partial charge in [-0.05, 0) is 6.42 Å². The highest BCUT2D eigenvalue weighted by Gasteiger charge is 2.18. The van der Waals surface area contributed by atoms with E-state index >= 15 is 0 Å². The smallest absolute Gasteiger partial charge is 0.359 e. The standard InChI is InChI=1S/C16H32O2.C5H11NO2/c1-4-5-6-7-8-9-10-11-12-13-14-16(2,3)15(17)18;1-6(2,3)4-5(7)8/h4-14H2,1-3H3,(H,17,18);4H2,1-3H3. The Hall–Kier alpha value is -1.10. The van der Waals surface area contributed by atoms with Gasteiger partial charge in [0.1, 0.15) is 0 Å². The van der Waals surface area contributed by atoms with Crippen LogP contribution in [0.15, 0.2) is 0 Å². The van der Waals surface area contributed by atoms with E-state index in [2.05, 4.69) is 6.92 Å². The molecule has 0 aromatic heterocycles. The predicted octanol–water partition coefficient (Wildman–Crippen LogP) is 3.85. The van der Waals surface area contributed by atoms with Crippen LogP contribution in [0.1, 0.15) is 91.4 Å². The Balaban J connectivity index is 0. The topological polar surface area (TPSA) is 77.4 Å². The SMILES string of the molecule is CCCCCCCCCCCCC(C)(C)C(=O)[O-].C[N+](C)(C)CC(=O)O. The number of aliphatic carboxylic acids is 2. The maximum absolute atomic E-state index is 10.8. The average molecular weight is 374 g/mol. The first-order chi connectivity index (χ1) is 11.9. The van der Waals surface area contributed by atoms with Crippen molar-refractivity contribution in [3.63, 3.8) is 0 Å². The highest BCUT2D eigenvalue weighted by atomic mass is 16.4. The van der Waals surface area contributed by atoms with E-state index in [1.807, 2.05) is 21.1 Å². The van der Waals surface area contributed by atoms with Gasteiger partial charge in [-0.15, -0.1) is 0 Å². The third-order valence-electron chi connectivity index (χ3n) is 4.32. The molecule has 0 fully saturated rings. The Morgan fingerprint density at radius 1 is 0.846 bits per heavy atom. The van der Waals surface area contributed by atoms with Gasteiger partial charge in [-0.3, -0.25) is 0 Å². The molecule has 5 nitrogen and oxygen atoms in total. The normalized spacial score (nSPS) is 11.6. The molecule has 0 aliphatic heterocycles. The molecular weight excluding hydrogens is 330 g/mol. The number of carbonyl (C=O) groups is 2. The van der Waals surface area contributed by atoms with Crippen molar-refractivity contribution >= 4 is 11.9 Å². The zero-order chi connectivity index (χ0) is 20.6. The third kappa shape index (κ3) is 20.9. The lowest BCUT2D eigenvalue weighted by Crippen LogP contribution is -2.39. The van der Waals surface area contributed by atoms with Crippen LogP contribution < -0.4 is 5.11 Å². The van der Waals surface area contributed by atoms with E-state index in [1.54, 1.807) is 13.8 Å². The van der Waals surface area contributed by atoms with Gasteiger partial charge < -0.3 is 19.5 Å². The van der Waals surface area contributed by atoms with Gasteiger partial charge in [-0.2, -0.15) is 0 Å². The van der Waals surface area contributed by atoms with E-state index in [-0.39, 0.29) is 6.54 Å². The molecule has 0 aromatic carbocycles. The second kappa shape index (κ2) is 15.0. The Morgan fingerprint density at radius 3 is 1.50 bits per heavy atom. The Morgan fingerprint density at radius 2 is 1.23 bits per heavy atom. The summed E-state index contributed by atoms with van der Waals surface area (Å²) in [6, 6.07) is 0. The first kappa shape index (κ1) is 27.1. The van der Waals surface area contributed by atoms with Gasteiger partial charge in [0.15, 0.2) is 6.54 Å². The summed E-state index contributed by atoms with van der Waals surface area (Å²) in [4.78, 5) is 20.8. The van der Waals surface area contributed by atoms with Crippen molar-refractivity contribution in [3.05, 3.63) is 0 Å². The lowest BCUT2D eigenvalue weighted by atomic mass is 9.87. The molecule has 5 heteroatoms. The summed E-state index contributed by atoms with van der Waals surface area (Å²) in [5, 5.41) is 19.0. The monoisotopic (exact) mass is 373 g/mol. The molecule has 1 N–H and O–H groups in total. The van der Waals surface area contributed by atoms with Gasteiger partial charge in [-0.1, -0.05) is 85.0 Å². The van der Waals surface area contributed by atoms with Crippen LogP contribution in [0.5, 0.6) is 0 Å². The molecule has 0 radical (unpaired) electrons. The molecule has 0 unspecified atom stereocenters. The molecule has 0 aromatic rings. The molecule has 0 rings (SSSR count). The highest BCUT2D eigenvalue weighted by Crippen LogP contribution is 2.23. The Bertz CT molecular complexity index is 373. The van der Waals surface area contributed by atoms with Crippen LogP contribution >= 0.6 is 0 Å². The van der Waals surface area contributed by atoms with Gasteiger partial charge in [0.2, 0.25) is 0 Å². The zero-order valence-corrected chi connectivity index (χ0v) is 18.1. The molecule has 0 atom stereocenters. The molecule has 0 spiro atoms. The largest absolute Gasteiger partial charge is 0.550 e. The van der Waals surface area contributed by atoms with Crippen molar-refractivity contribution in [1.29, 1.82) is 0 Å². The minimum Gasteiger partial charge on any atom is -0.550 e. The van der Waals surface area contributed by atoms with Crippen molar-refractivity contribution in [3.8, 4) is 0 Å². The van der Waals surface area contributed by atoms with Gasteiger partial charge in [0.05, 0.1) is 21.1 Å². The van der Waals surface area contributed by atoms with Gasteiger partial charge >= 0.3 is 5.97 Å². The summed E-state index contributed by atoms with van der Waals surface area (Å²) >= 11 is 0. The number of hydrogen-bond acceptors (Lipinski definition) is 3. The number of nitrogens with zero attached hydrogens (tertiary/aromatic N) is 1. The number of unbranched alkanes of at least 4 members (excludes halogenated alkanes) is 9. The maximum Gasteiger partial charge on any atom is 0.359 e. The van der Waals surface area contributed by atoms with E-state index in [9.17, 15) is 14.7 Å². The van der Waals surface area contributed by atoms with E-state index < -0.39 is 17.4 Å². The molecular formula is C21H43NO4. The van der Waals surface area contributed by atoms with Gasteiger partial charge in [0, 0.05) is 11.4 Å². The third-order valence-corrected chi connectivity index (χ3v) is 4.32. The number of carbonyl (C=O) groups excluding carboxylic acids is 1. The van der Waals surface area contributed by atoms with E-state index in [4.69, 9.17) is 5.11 Å². The molecule has 26 heavy (non-hydrogen) atoms. The lowest BCUT2D eigenvalue weighted by molar-refractivity contribution is -0.862. The second-order valence-corrected chi connectivity index (χ2v) is 8.95. The van der Waals surface area contributed by atoms with Crippen molar-refractivity contribution in [2.24, 2.45) is 5.41 Å². The fraction of sp³-hybridized carbons (Fsp3) is 0.905. The second-order valence-electron chi connectivity index (χ2n) is 8.95. The number of carboxylic acid groups (broad SMARTS) is 2. The molecule has 0 saturated carbocycles. The van der Waals surface area contributed by atoms with Crippen LogP contribution in [0.4, 0.5) is 0 Å². The summed E-state index contributed by atoms with van der Waals surface area (Å²) in [6.07, 6.45) is 13.6. The van der Waals surface area contributed by atoms with Crippen molar-refractivity contribution in [1.82, 2.24) is 0 Å². The maximum atomic E-state index is 10.8. The molecule has 0 heterocycles. The Kier molecular flexibility index (Phi) is 15.7. The summed E-state index contributed by atoms with van der Waals surface area (Å²) in [6.45, 7) is 5.94. The van der Waals surface area contributed by atoms with Crippen LogP contribution in [0.3, 0.4) is 0 Å². The van der Waals surface area contributed by atoms with Crippen molar-refractivity contribution < 1.29 is 24.3 Å². The number of quaternary nitrogens is 1. The molecule has 0 saturated heterocycles. The molecule has 156 valence electrons. The van der Waals surface area contributed by atoms with Crippen LogP contribution in [-0.2, 0) is 9.59 Å². The van der Waals surface area contributed by atoms with Gasteiger partial charge in [0.25, 0.3) is 0 Å². The minimum absolute atomic E-state index is 0.181. The lowest BCUT2D eigenvalue weighted by Gasteiger charge is -2.25. The van der Waals surface area contributed by atoms with E-state index in [0.717, 1.165) is 19.3 Å². The molecule has 0 bridgehead atoms. The number of hydrogen-bond donors (Lipinski definition) is 1. The van der Waals surface area contributed by atoms with Crippen LogP contribution in [0.25, 0.3) is 0 Å². The predicted molar refractivity (Wildman–Crippen MR) is 106 cm³/mol. The van der Waals surface area contributed by atoms with E-state index in [1.165, 1.54) is 51.4 Å². The van der Waals surface area contributed by atoms with Crippen molar-refractivity contribution in [2.75, 3.05) is 27.7 Å². The first-order valence-electron chi connectivity index (χ1n) is 10.2. The van der Waals surface area contributed by atoms with Crippen molar-refractivity contribution in [2.45, 2.75) is 91.4 Å². The summed E-state index contributed by atoms with van der Waals surface area (Å²) in [5.74, 6) is -1.67. The zero-order valence-electron chi connectivity index (χ0n) is 18.1. The quantitative estimate of drug-likeness (QED) is 0.370. The highest BCUT2D eigenvalue weighted by molar-refractivity contribution is 5.71. The van der Waals surface area contributed by atoms with Crippen LogP contribution in [0.2, 0.25) is 0 Å². The minimum atomic E-state index is -0.918. The van der Waals surface area contributed by atoms with Gasteiger partial charge in [-0.25, -0.2) is 4.79 Å². The number of rotatable bonds is 14. The number of likely N-dealkylation sites (N-methyl/N-ethyl adjacent to an activating group) is 1. The molecule has 0 aliphatic rings. The number of carboxylic acids is 2.